The summed E-state index contributed by atoms with van der Waals surface area (Å²) in [4.78, 5) is 64.3. The van der Waals surface area contributed by atoms with E-state index in [9.17, 15) is 157 Å². The first-order valence-corrected chi connectivity index (χ1v) is 40.0. The lowest BCUT2D eigenvalue weighted by Crippen LogP contribution is -2.71. The largest absolute Gasteiger partial charge is 0.394 e. The first-order chi connectivity index (χ1) is 59.1. The first-order valence-electron chi connectivity index (χ1n) is 40.0. The second-order valence-electron chi connectivity index (χ2n) is 31.7. The van der Waals surface area contributed by atoms with Crippen molar-refractivity contribution in [3.63, 3.8) is 0 Å². The predicted molar refractivity (Wildman–Crippen MR) is 386 cm³/mol. The number of aliphatic hydroxyl groups excluding tert-OH is 26. The Morgan fingerprint density at radius 2 is 0.504 bits per heavy atom. The van der Waals surface area contributed by atoms with E-state index in [1.54, 1.807) is 0 Å². The summed E-state index contributed by atoms with van der Waals surface area (Å²) in [6.07, 6.45) is -94.1. The van der Waals surface area contributed by atoms with Crippen LogP contribution in [0.4, 0.5) is 0 Å². The summed E-state index contributed by atoms with van der Waals surface area (Å²) in [5.41, 5.74) is 0. The number of amides is 5. The quantitative estimate of drug-likeness (QED) is 0.0297. The Kier molecular flexibility index (Phi) is 36.8. The van der Waals surface area contributed by atoms with Crippen LogP contribution in [0.3, 0.4) is 0 Å². The van der Waals surface area contributed by atoms with Crippen molar-refractivity contribution in [2.45, 2.75) is 348 Å². The number of nitrogens with one attached hydrogen (secondary N) is 5. The Morgan fingerprint density at radius 3 is 0.936 bits per heavy atom. The van der Waals surface area contributed by atoms with Crippen molar-refractivity contribution in [3.05, 3.63) is 0 Å². The molecule has 0 spiro atoms. The molecule has 722 valence electrons. The fraction of sp³-hybridized carbons (Fsp3) is 0.929. The molecule has 0 aromatic carbocycles. The lowest BCUT2D eigenvalue weighted by atomic mass is 9.93. The van der Waals surface area contributed by atoms with Gasteiger partial charge in [-0.2, -0.15) is 0 Å². The molecule has 0 aromatic heterocycles. The predicted octanol–water partition coefficient (Wildman–Crippen LogP) is -21.1. The lowest BCUT2D eigenvalue weighted by Gasteiger charge is -2.52. The SMILES string of the molecule is CC(=O)N[C@@H]1[C@@H](O)[C@H](O[C@@H]2O[C@H](CO)[C@@H](O[C@@H]3O[C@H](CO[C@H]4O[C@H](CO)[C@@H](O)[C@H](O)[C@@H]4O[C@@H]4O[C@H](CO)[C@@H](O[C@@H]5O[C@H](CO)[C@H](O)[C@H](O)[C@H]5O)[C@H](O)[C@H]4NC(C)=O)[C@@H](O)[C@H](O[C@H]4O[C@H](CO)[C@@H](O[C@@H]5O[C@H](CO)[C@@H](O)[C@H](O)[C@H]5NC(C)=O)[C@H](O)[C@@H]4O[C@@H]4O[C@H](CO)[C@@H](O)[C@H](O)[C@H]4NC(C)=O)[C@@H]3O)[C@H](O)[C@H]2NC(C)=O)[C@@H](CO[C@@H]2O[C@@H](C)[C@@H](O)[C@@H](O)[C@@H]2O)O[C@H]1O. The molecule has 31 N–H and O–H groups in total. The normalized spacial score (nSPS) is 48.7. The van der Waals surface area contributed by atoms with Crippen molar-refractivity contribution >= 4 is 29.5 Å². The van der Waals surface area contributed by atoms with Crippen LogP contribution in [0.5, 0.6) is 0 Å². The highest BCUT2D eigenvalue weighted by Crippen LogP contribution is 2.41. The molecule has 55 heteroatoms. The number of ether oxygens (including phenoxy) is 19. The smallest absolute Gasteiger partial charge is 0.217 e. The van der Waals surface area contributed by atoms with Crippen LogP contribution in [0.1, 0.15) is 41.5 Å². The fourth-order valence-corrected chi connectivity index (χ4v) is 16.2. The van der Waals surface area contributed by atoms with Crippen molar-refractivity contribution in [2.75, 3.05) is 59.5 Å². The molecule has 0 aliphatic carbocycles. The van der Waals surface area contributed by atoms with Crippen LogP contribution in [-0.2, 0) is 114 Å². The molecule has 0 unspecified atom stereocenters. The van der Waals surface area contributed by atoms with Gasteiger partial charge in [0.25, 0.3) is 0 Å². The Morgan fingerprint density at radius 1 is 0.224 bits per heavy atom. The van der Waals surface area contributed by atoms with Crippen LogP contribution in [0, 0.1) is 0 Å². The van der Waals surface area contributed by atoms with Crippen LogP contribution < -0.4 is 26.6 Å². The molecule has 10 fully saturated rings. The third-order valence-corrected chi connectivity index (χ3v) is 22.8. The maximum Gasteiger partial charge on any atom is 0.217 e. The van der Waals surface area contributed by atoms with Gasteiger partial charge < -0.3 is 249 Å². The molecule has 0 radical (unpaired) electrons. The third-order valence-electron chi connectivity index (χ3n) is 22.8. The minimum absolute atomic E-state index is 0.853. The van der Waals surface area contributed by atoms with Gasteiger partial charge >= 0.3 is 0 Å². The van der Waals surface area contributed by atoms with Gasteiger partial charge in [-0.25, -0.2) is 0 Å². The van der Waals surface area contributed by atoms with E-state index in [0.717, 1.165) is 34.6 Å². The third kappa shape index (κ3) is 23.1. The molecule has 125 heavy (non-hydrogen) atoms. The highest BCUT2D eigenvalue weighted by molar-refractivity contribution is 5.75. The summed E-state index contributed by atoms with van der Waals surface area (Å²) in [6.45, 7) is -4.06. The second-order valence-corrected chi connectivity index (χ2v) is 31.7. The molecule has 0 bridgehead atoms. The van der Waals surface area contributed by atoms with E-state index in [2.05, 4.69) is 26.6 Å². The number of aliphatic hydroxyl groups is 26. The molecule has 10 saturated heterocycles. The summed E-state index contributed by atoms with van der Waals surface area (Å²) in [5.74, 6) is -4.64. The van der Waals surface area contributed by atoms with Crippen LogP contribution in [0.2, 0.25) is 0 Å². The lowest BCUT2D eigenvalue weighted by molar-refractivity contribution is -0.403. The zero-order valence-corrected chi connectivity index (χ0v) is 67.7. The molecule has 0 saturated carbocycles. The fourth-order valence-electron chi connectivity index (χ4n) is 16.2. The molecular formula is C70H117N5O50. The van der Waals surface area contributed by atoms with Gasteiger partial charge in [0, 0.05) is 34.6 Å². The highest BCUT2D eigenvalue weighted by atomic mass is 16.8. The van der Waals surface area contributed by atoms with Crippen molar-refractivity contribution in [2.24, 2.45) is 0 Å². The van der Waals surface area contributed by atoms with E-state index in [1.807, 2.05) is 0 Å². The average molecular weight is 1830 g/mol. The van der Waals surface area contributed by atoms with Gasteiger partial charge in [0.1, 0.15) is 238 Å². The van der Waals surface area contributed by atoms with Gasteiger partial charge in [0.15, 0.2) is 62.9 Å². The van der Waals surface area contributed by atoms with Crippen LogP contribution in [-0.4, -0.2) is 529 Å². The van der Waals surface area contributed by atoms with Gasteiger partial charge in [0.05, 0.1) is 65.6 Å². The maximum absolute atomic E-state index is 13.3. The summed E-state index contributed by atoms with van der Waals surface area (Å²) in [6, 6.07) is -9.49. The van der Waals surface area contributed by atoms with Crippen molar-refractivity contribution in [3.8, 4) is 0 Å². The average Bonchev–Trinajstić information content (AvgIpc) is 0.767. The molecular weight excluding hydrogens is 1710 g/mol. The number of hydrogen-bond acceptors (Lipinski definition) is 50. The van der Waals surface area contributed by atoms with Crippen molar-refractivity contribution in [1.29, 1.82) is 0 Å². The van der Waals surface area contributed by atoms with E-state index in [-0.39, 0.29) is 0 Å². The number of carbonyl (C=O) groups is 5. The topological polar surface area (TPSA) is 847 Å². The molecule has 10 aliphatic rings. The summed E-state index contributed by atoms with van der Waals surface area (Å²) >= 11 is 0. The monoisotopic (exact) mass is 1830 g/mol. The molecule has 10 aliphatic heterocycles. The zero-order chi connectivity index (χ0) is 92.1. The van der Waals surface area contributed by atoms with Gasteiger partial charge in [-0.3, -0.25) is 24.0 Å². The van der Waals surface area contributed by atoms with E-state index in [4.69, 9.17) is 90.0 Å². The number of hydrogen-bond donors (Lipinski definition) is 31. The Balaban J connectivity index is 1.02. The minimum atomic E-state index is -2.67. The molecule has 0 aromatic rings. The number of carbonyl (C=O) groups excluding carboxylic acids is 5. The maximum atomic E-state index is 13.3. The van der Waals surface area contributed by atoms with Crippen LogP contribution in [0.15, 0.2) is 0 Å². The van der Waals surface area contributed by atoms with Crippen molar-refractivity contribution in [1.82, 2.24) is 26.6 Å². The molecule has 10 heterocycles. The Hall–Kier alpha value is -4.45. The highest BCUT2D eigenvalue weighted by Gasteiger charge is 2.62. The van der Waals surface area contributed by atoms with E-state index in [1.165, 1.54) is 6.92 Å². The summed E-state index contributed by atoms with van der Waals surface area (Å²) in [5, 5.41) is 304. The molecule has 55 nitrogen and oxygen atoms in total. The van der Waals surface area contributed by atoms with Crippen LogP contribution in [0.25, 0.3) is 0 Å². The van der Waals surface area contributed by atoms with Crippen LogP contribution >= 0.6 is 0 Å². The number of rotatable bonds is 32. The summed E-state index contributed by atoms with van der Waals surface area (Å²) < 4.78 is 114. The Bertz CT molecular complexity index is 3420. The van der Waals surface area contributed by atoms with Gasteiger partial charge in [0.2, 0.25) is 29.5 Å². The standard InChI is InChI=1S/C70H117N5O50/c1-16-36(88)47(99)50(102)66(109-16)107-15-30-57(44(96)31(61(106)110-30)71-17(2)83)120-64-34(74-20(5)86)45(97)55(27(12-81)115-64)122-68-53(105)58(123-70-60(125-63-33(73-19(4)85)43(95)38(90)23(8-77)112-63)52(104)56(28(13-82)117-70)119-62-32(72-18(3)84)42(94)37(89)22(7-76)111-62)41(93)29(118-68)14-108-69-59(49(101)40(92)25(10-79)114-69)124-65-35(75-21(6)87)46(98)54(26(11-80)116-65)121-67-51(103)48(100)39(91)24(9-78)113-67/h16,22-70,76-82,88-106H,7-15H2,1-6H3,(H,71,83)(H,72,84)(H,73,85)(H,74,86)(H,75,87)/t16-,22+,23+,24+,25+,26+,27+,28+,29+,30+,31+,32+,33+,34+,35+,36+,37+,38+,39-,40+,41+,42+,43+,44+,45+,46+,47+,48-,49-,50-,51+,52-,53-,54+,55+,56+,57+,58-,59-,60-,61+,62-,63-,64-,65-,66+,67-,68-,69-,70+/m0/s1. The van der Waals surface area contributed by atoms with E-state index < -0.39 is 396 Å². The first kappa shape index (κ1) is 103. The summed E-state index contributed by atoms with van der Waals surface area (Å²) in [7, 11) is 0. The second kappa shape index (κ2) is 44.9. The zero-order valence-electron chi connectivity index (χ0n) is 67.7. The molecule has 10 rings (SSSR count). The van der Waals surface area contributed by atoms with Crippen molar-refractivity contribution < 1.29 is 247 Å². The Labute approximate surface area is 708 Å². The molecule has 50 atom stereocenters. The van der Waals surface area contributed by atoms with Gasteiger partial charge in [-0.05, 0) is 6.92 Å². The molecule has 5 amide bonds. The van der Waals surface area contributed by atoms with Gasteiger partial charge in [-0.15, -0.1) is 0 Å². The minimum Gasteiger partial charge on any atom is -0.394 e. The van der Waals surface area contributed by atoms with E-state index in [0.29, 0.717) is 0 Å². The van der Waals surface area contributed by atoms with Gasteiger partial charge in [-0.1, -0.05) is 0 Å². The van der Waals surface area contributed by atoms with E-state index >= 15 is 0 Å².